The lowest BCUT2D eigenvalue weighted by Gasteiger charge is -2.09. The molecule has 0 radical (unpaired) electrons. The van der Waals surface area contributed by atoms with Gasteiger partial charge >= 0.3 is 0 Å². The van der Waals surface area contributed by atoms with Crippen molar-refractivity contribution in [2.45, 2.75) is 19.5 Å². The molecule has 0 saturated carbocycles. The van der Waals surface area contributed by atoms with Crippen LogP contribution < -0.4 is 5.32 Å². The van der Waals surface area contributed by atoms with E-state index in [1.165, 1.54) is 5.56 Å². The first-order valence-electron chi connectivity index (χ1n) is 4.64. The van der Waals surface area contributed by atoms with E-state index in [9.17, 15) is 0 Å². The van der Waals surface area contributed by atoms with Crippen molar-refractivity contribution in [1.29, 1.82) is 0 Å². The normalized spacial score (nSPS) is 12.9. The summed E-state index contributed by atoms with van der Waals surface area (Å²) >= 11 is 1.73. The van der Waals surface area contributed by atoms with Crippen LogP contribution in [-0.2, 0) is 6.54 Å². The van der Waals surface area contributed by atoms with Crippen LogP contribution in [0.25, 0.3) is 0 Å². The summed E-state index contributed by atoms with van der Waals surface area (Å²) in [4.78, 5) is 0. The fourth-order valence-electron chi connectivity index (χ4n) is 1.30. The molecule has 0 aliphatic heterocycles. The number of rotatable bonds is 4. The van der Waals surface area contributed by atoms with Crippen molar-refractivity contribution in [3.8, 4) is 0 Å². The Hall–Kier alpha value is -1.06. The molecule has 2 nitrogen and oxygen atoms in total. The van der Waals surface area contributed by atoms with Gasteiger partial charge in [0.15, 0.2) is 0 Å². The zero-order valence-electron chi connectivity index (χ0n) is 8.07. The molecule has 14 heavy (non-hydrogen) atoms. The van der Waals surface area contributed by atoms with E-state index in [1.54, 1.807) is 17.6 Å². The average Bonchev–Trinajstić information content (AvgIpc) is 2.87. The second-order valence-electron chi connectivity index (χ2n) is 3.25. The molecule has 1 N–H and O–H groups in total. The Kier molecular flexibility index (Phi) is 3.01. The summed E-state index contributed by atoms with van der Waals surface area (Å²) in [5, 5.41) is 7.65. The van der Waals surface area contributed by atoms with Crippen LogP contribution in [0.3, 0.4) is 0 Å². The molecule has 2 aromatic rings. The van der Waals surface area contributed by atoms with E-state index < -0.39 is 0 Å². The smallest absolute Gasteiger partial charge is 0.120 e. The first-order chi connectivity index (χ1) is 6.86. The van der Waals surface area contributed by atoms with Crippen molar-refractivity contribution in [2.75, 3.05) is 0 Å². The molecule has 2 rings (SSSR count). The van der Waals surface area contributed by atoms with E-state index >= 15 is 0 Å². The van der Waals surface area contributed by atoms with Gasteiger partial charge in [0.05, 0.1) is 12.3 Å². The highest BCUT2D eigenvalue weighted by Crippen LogP contribution is 2.13. The lowest BCUT2D eigenvalue weighted by Crippen LogP contribution is -2.17. The molecule has 1 atom stereocenters. The van der Waals surface area contributed by atoms with E-state index in [4.69, 9.17) is 4.42 Å². The number of hydrogen-bond donors (Lipinski definition) is 1. The fraction of sp³-hybridized carbons (Fsp3) is 0.273. The topological polar surface area (TPSA) is 25.2 Å². The van der Waals surface area contributed by atoms with Gasteiger partial charge in [-0.05, 0) is 41.4 Å². The van der Waals surface area contributed by atoms with Gasteiger partial charge < -0.3 is 9.73 Å². The van der Waals surface area contributed by atoms with Crippen molar-refractivity contribution in [1.82, 2.24) is 5.32 Å². The summed E-state index contributed by atoms with van der Waals surface area (Å²) in [6, 6.07) is 6.31. The summed E-state index contributed by atoms with van der Waals surface area (Å²) in [6.07, 6.45) is 1.71. The first-order valence-corrected chi connectivity index (χ1v) is 5.58. The van der Waals surface area contributed by atoms with Crippen LogP contribution in [0.4, 0.5) is 0 Å². The zero-order chi connectivity index (χ0) is 9.80. The largest absolute Gasteiger partial charge is 0.468 e. The van der Waals surface area contributed by atoms with E-state index in [0.717, 1.165) is 12.3 Å². The Morgan fingerprint density at radius 2 is 2.43 bits per heavy atom. The van der Waals surface area contributed by atoms with Gasteiger partial charge in [0.2, 0.25) is 0 Å². The van der Waals surface area contributed by atoms with Crippen molar-refractivity contribution in [2.24, 2.45) is 0 Å². The van der Waals surface area contributed by atoms with Crippen LogP contribution in [0.1, 0.15) is 24.3 Å². The lowest BCUT2D eigenvalue weighted by molar-refractivity contribution is 0.430. The Morgan fingerprint density at radius 1 is 1.50 bits per heavy atom. The molecule has 0 fully saturated rings. The maximum atomic E-state index is 5.31. The van der Waals surface area contributed by atoms with Crippen molar-refractivity contribution >= 4 is 11.3 Å². The number of hydrogen-bond acceptors (Lipinski definition) is 3. The first kappa shape index (κ1) is 9.49. The molecule has 3 heteroatoms. The second-order valence-corrected chi connectivity index (χ2v) is 4.03. The number of thiophene rings is 1. The minimum absolute atomic E-state index is 0.268. The molecule has 1 unspecified atom stereocenters. The SMILES string of the molecule is CC(NCc1ccsc1)c1ccco1. The van der Waals surface area contributed by atoms with Gasteiger partial charge in [0.1, 0.15) is 5.76 Å². The highest BCUT2D eigenvalue weighted by atomic mass is 32.1. The van der Waals surface area contributed by atoms with Crippen molar-refractivity contribution < 1.29 is 4.42 Å². The average molecular weight is 207 g/mol. The molecule has 0 amide bonds. The van der Waals surface area contributed by atoms with Gasteiger partial charge in [-0.1, -0.05) is 0 Å². The molecular weight excluding hydrogens is 194 g/mol. The van der Waals surface area contributed by atoms with Crippen LogP contribution in [0.5, 0.6) is 0 Å². The van der Waals surface area contributed by atoms with E-state index in [2.05, 4.69) is 29.1 Å². The third kappa shape index (κ3) is 2.25. The van der Waals surface area contributed by atoms with E-state index in [1.807, 2.05) is 12.1 Å². The lowest BCUT2D eigenvalue weighted by atomic mass is 10.2. The summed E-state index contributed by atoms with van der Waals surface area (Å²) < 4.78 is 5.31. The van der Waals surface area contributed by atoms with Crippen LogP contribution >= 0.6 is 11.3 Å². The molecule has 0 spiro atoms. The van der Waals surface area contributed by atoms with Crippen molar-refractivity contribution in [3.63, 3.8) is 0 Å². The molecule has 0 saturated heterocycles. The van der Waals surface area contributed by atoms with E-state index in [-0.39, 0.29) is 6.04 Å². The van der Waals surface area contributed by atoms with Gasteiger partial charge in [-0.25, -0.2) is 0 Å². The molecular formula is C11H13NOS. The maximum absolute atomic E-state index is 5.31. The van der Waals surface area contributed by atoms with Crippen LogP contribution in [-0.4, -0.2) is 0 Å². The Balaban J connectivity index is 1.87. The fourth-order valence-corrected chi connectivity index (χ4v) is 1.97. The predicted octanol–water partition coefficient (Wildman–Crippen LogP) is 3.19. The van der Waals surface area contributed by atoms with Crippen LogP contribution in [0, 0.1) is 0 Å². The monoisotopic (exact) mass is 207 g/mol. The highest BCUT2D eigenvalue weighted by Gasteiger charge is 2.06. The molecule has 0 aliphatic carbocycles. The molecule has 0 aliphatic rings. The Bertz CT molecular complexity index is 353. The number of nitrogens with one attached hydrogen (secondary N) is 1. The van der Waals surface area contributed by atoms with Gasteiger partial charge in [-0.15, -0.1) is 0 Å². The van der Waals surface area contributed by atoms with Gasteiger partial charge in [0.25, 0.3) is 0 Å². The van der Waals surface area contributed by atoms with Crippen LogP contribution in [0.15, 0.2) is 39.6 Å². The summed E-state index contributed by atoms with van der Waals surface area (Å²) in [6.45, 7) is 3.00. The zero-order valence-corrected chi connectivity index (χ0v) is 8.88. The van der Waals surface area contributed by atoms with E-state index in [0.29, 0.717) is 0 Å². The van der Waals surface area contributed by atoms with Crippen molar-refractivity contribution in [3.05, 3.63) is 46.5 Å². The van der Waals surface area contributed by atoms with Gasteiger partial charge in [-0.2, -0.15) is 11.3 Å². The van der Waals surface area contributed by atoms with Gasteiger partial charge in [-0.3, -0.25) is 0 Å². The van der Waals surface area contributed by atoms with Gasteiger partial charge in [0, 0.05) is 6.54 Å². The highest BCUT2D eigenvalue weighted by molar-refractivity contribution is 7.07. The second kappa shape index (κ2) is 4.44. The standard InChI is InChI=1S/C11H13NOS/c1-9(11-3-2-5-13-11)12-7-10-4-6-14-8-10/h2-6,8-9,12H,7H2,1H3. The quantitative estimate of drug-likeness (QED) is 0.833. The Labute approximate surface area is 87.6 Å². The summed E-state index contributed by atoms with van der Waals surface area (Å²) in [5.41, 5.74) is 1.33. The third-order valence-corrected chi connectivity index (χ3v) is 2.89. The third-order valence-electron chi connectivity index (χ3n) is 2.16. The van der Waals surface area contributed by atoms with Crippen LogP contribution in [0.2, 0.25) is 0 Å². The summed E-state index contributed by atoms with van der Waals surface area (Å²) in [7, 11) is 0. The summed E-state index contributed by atoms with van der Waals surface area (Å²) in [5.74, 6) is 0.986. The molecule has 2 aromatic heterocycles. The molecule has 0 bridgehead atoms. The minimum Gasteiger partial charge on any atom is -0.468 e. The Morgan fingerprint density at radius 3 is 3.07 bits per heavy atom. The molecule has 2 heterocycles. The molecule has 74 valence electrons. The number of furan rings is 1. The molecule has 0 aromatic carbocycles. The maximum Gasteiger partial charge on any atom is 0.120 e. The minimum atomic E-state index is 0.268. The predicted molar refractivity (Wildman–Crippen MR) is 58.3 cm³/mol.